The van der Waals surface area contributed by atoms with Crippen LogP contribution in [-0.4, -0.2) is 75.5 Å². The molecular formula is C20H34N4O7. The van der Waals surface area contributed by atoms with Gasteiger partial charge in [0.05, 0.1) is 12.5 Å². The van der Waals surface area contributed by atoms with Gasteiger partial charge < -0.3 is 31.5 Å². The van der Waals surface area contributed by atoms with Gasteiger partial charge in [0.1, 0.15) is 18.1 Å². The number of aliphatic carboxylic acids is 2. The van der Waals surface area contributed by atoms with Crippen LogP contribution >= 0.6 is 0 Å². The number of carboxylic acid groups (broad SMARTS) is 2. The smallest absolute Gasteiger partial charge is 0.326 e. The minimum absolute atomic E-state index is 0.274. The number of nitrogens with two attached hydrogens (primary N) is 1. The first kappa shape index (κ1) is 26.3. The van der Waals surface area contributed by atoms with Crippen molar-refractivity contribution in [2.24, 2.45) is 17.6 Å². The number of amides is 3. The van der Waals surface area contributed by atoms with Gasteiger partial charge >= 0.3 is 11.9 Å². The predicted octanol–water partition coefficient (Wildman–Crippen LogP) is -0.464. The van der Waals surface area contributed by atoms with E-state index in [1.54, 1.807) is 20.8 Å². The Kier molecular flexibility index (Phi) is 9.89. The lowest BCUT2D eigenvalue weighted by Crippen LogP contribution is -2.59. The highest BCUT2D eigenvalue weighted by Crippen LogP contribution is 2.21. The summed E-state index contributed by atoms with van der Waals surface area (Å²) in [5, 5.41) is 23.3. The van der Waals surface area contributed by atoms with Crippen LogP contribution in [0.4, 0.5) is 0 Å². The van der Waals surface area contributed by atoms with Gasteiger partial charge in [-0.1, -0.05) is 34.1 Å². The van der Waals surface area contributed by atoms with Gasteiger partial charge in [-0.2, -0.15) is 0 Å². The van der Waals surface area contributed by atoms with Crippen molar-refractivity contribution < 1.29 is 34.2 Å². The largest absolute Gasteiger partial charge is 0.481 e. The Morgan fingerprint density at radius 1 is 1.03 bits per heavy atom. The minimum atomic E-state index is -1.32. The Morgan fingerprint density at radius 3 is 2.10 bits per heavy atom. The number of rotatable bonds is 11. The van der Waals surface area contributed by atoms with E-state index in [0.717, 1.165) is 0 Å². The van der Waals surface area contributed by atoms with Gasteiger partial charge in [0.25, 0.3) is 0 Å². The number of hydrogen-bond donors (Lipinski definition) is 5. The summed E-state index contributed by atoms with van der Waals surface area (Å²) < 4.78 is 0. The van der Waals surface area contributed by atoms with Crippen LogP contribution in [0.3, 0.4) is 0 Å². The Balaban J connectivity index is 2.99. The number of carboxylic acids is 2. The maximum absolute atomic E-state index is 13.1. The maximum Gasteiger partial charge on any atom is 0.326 e. The van der Waals surface area contributed by atoms with Crippen molar-refractivity contribution >= 4 is 29.7 Å². The number of carbonyl (C=O) groups excluding carboxylic acids is 3. The van der Waals surface area contributed by atoms with E-state index in [1.165, 1.54) is 4.90 Å². The van der Waals surface area contributed by atoms with Gasteiger partial charge in [0.2, 0.25) is 17.7 Å². The number of carbonyl (C=O) groups is 5. The molecule has 3 amide bonds. The lowest BCUT2D eigenvalue weighted by Gasteiger charge is -2.32. The summed E-state index contributed by atoms with van der Waals surface area (Å²) in [6.45, 7) is 7.30. The van der Waals surface area contributed by atoms with E-state index < -0.39 is 60.2 Å². The maximum atomic E-state index is 13.1. The van der Waals surface area contributed by atoms with E-state index in [2.05, 4.69) is 10.6 Å². The molecule has 0 aromatic carbocycles. The third kappa shape index (κ3) is 7.20. The molecule has 0 aromatic rings. The molecule has 1 heterocycles. The summed E-state index contributed by atoms with van der Waals surface area (Å²) in [6.07, 6.45) is 0.895. The normalized spacial score (nSPS) is 19.9. The second kappa shape index (κ2) is 11.6. The monoisotopic (exact) mass is 442 g/mol. The van der Waals surface area contributed by atoms with Gasteiger partial charge in [-0.3, -0.25) is 19.2 Å². The molecule has 1 rings (SSSR count). The zero-order chi connectivity index (χ0) is 23.9. The lowest BCUT2D eigenvalue weighted by molar-refractivity contribution is -0.150. The van der Waals surface area contributed by atoms with Crippen molar-refractivity contribution in [2.45, 2.75) is 77.5 Å². The van der Waals surface area contributed by atoms with Crippen molar-refractivity contribution in [1.82, 2.24) is 15.5 Å². The Hall–Kier alpha value is -2.69. The molecule has 1 fully saturated rings. The highest BCUT2D eigenvalue weighted by Gasteiger charge is 2.40. The van der Waals surface area contributed by atoms with Crippen molar-refractivity contribution in [3.63, 3.8) is 0 Å². The molecule has 176 valence electrons. The molecule has 0 bridgehead atoms. The van der Waals surface area contributed by atoms with Crippen LogP contribution in [0.25, 0.3) is 0 Å². The zero-order valence-electron chi connectivity index (χ0n) is 18.5. The fourth-order valence-corrected chi connectivity index (χ4v) is 3.47. The molecule has 0 radical (unpaired) electrons. The Morgan fingerprint density at radius 2 is 1.61 bits per heavy atom. The van der Waals surface area contributed by atoms with Crippen LogP contribution in [0.5, 0.6) is 0 Å². The molecule has 0 spiro atoms. The fraction of sp³-hybridized carbons (Fsp3) is 0.750. The minimum Gasteiger partial charge on any atom is -0.481 e. The van der Waals surface area contributed by atoms with Crippen LogP contribution in [0, 0.1) is 11.8 Å². The molecule has 6 N–H and O–H groups in total. The molecule has 11 heteroatoms. The van der Waals surface area contributed by atoms with Crippen LogP contribution in [0.2, 0.25) is 0 Å². The first-order valence-electron chi connectivity index (χ1n) is 10.5. The summed E-state index contributed by atoms with van der Waals surface area (Å²) >= 11 is 0. The molecule has 1 aliphatic rings. The van der Waals surface area contributed by atoms with Crippen LogP contribution in [0.15, 0.2) is 0 Å². The molecule has 1 saturated heterocycles. The number of likely N-dealkylation sites (tertiary alicyclic amines) is 1. The second-order valence-corrected chi connectivity index (χ2v) is 8.33. The third-order valence-electron chi connectivity index (χ3n) is 5.58. The molecule has 0 aromatic heterocycles. The Labute approximate surface area is 181 Å². The summed E-state index contributed by atoms with van der Waals surface area (Å²) in [4.78, 5) is 61.8. The van der Waals surface area contributed by atoms with Crippen LogP contribution in [-0.2, 0) is 24.0 Å². The van der Waals surface area contributed by atoms with Crippen LogP contribution in [0.1, 0.15) is 53.4 Å². The van der Waals surface area contributed by atoms with Gasteiger partial charge in [-0.05, 0) is 24.7 Å². The summed E-state index contributed by atoms with van der Waals surface area (Å²) in [5.41, 5.74) is 5.57. The molecule has 5 unspecified atom stereocenters. The number of nitrogens with one attached hydrogen (secondary N) is 2. The Bertz CT molecular complexity index is 697. The van der Waals surface area contributed by atoms with Gasteiger partial charge in [0, 0.05) is 6.54 Å². The summed E-state index contributed by atoms with van der Waals surface area (Å²) in [6, 6.07) is -4.24. The number of hydrogen-bond acceptors (Lipinski definition) is 6. The average molecular weight is 443 g/mol. The van der Waals surface area contributed by atoms with E-state index in [-0.39, 0.29) is 11.8 Å². The topological polar surface area (TPSA) is 179 Å². The standard InChI is InChI=1S/C20H34N4O7/c1-5-11(4)16(19(29)24-8-6-7-13(24)20(30)31)23-18(28)15(10(2)3)22-17(27)12(21)9-14(25)26/h10-13,15-16H,5-9,21H2,1-4H3,(H,22,27)(H,23,28)(H,25,26)(H,30,31). The van der Waals surface area contributed by atoms with E-state index >= 15 is 0 Å². The van der Waals surface area contributed by atoms with Crippen molar-refractivity contribution in [3.05, 3.63) is 0 Å². The van der Waals surface area contributed by atoms with E-state index in [0.29, 0.717) is 25.8 Å². The van der Waals surface area contributed by atoms with Crippen molar-refractivity contribution in [1.29, 1.82) is 0 Å². The first-order valence-corrected chi connectivity index (χ1v) is 10.5. The molecule has 11 nitrogen and oxygen atoms in total. The van der Waals surface area contributed by atoms with Gasteiger partial charge in [-0.15, -0.1) is 0 Å². The molecule has 31 heavy (non-hydrogen) atoms. The summed E-state index contributed by atoms with van der Waals surface area (Å²) in [5.74, 6) is -4.83. The highest BCUT2D eigenvalue weighted by atomic mass is 16.4. The quantitative estimate of drug-likeness (QED) is 0.285. The van der Waals surface area contributed by atoms with E-state index in [1.807, 2.05) is 6.92 Å². The van der Waals surface area contributed by atoms with Crippen LogP contribution < -0.4 is 16.4 Å². The van der Waals surface area contributed by atoms with E-state index in [4.69, 9.17) is 10.8 Å². The number of nitrogens with zero attached hydrogens (tertiary/aromatic N) is 1. The molecule has 5 atom stereocenters. The fourth-order valence-electron chi connectivity index (χ4n) is 3.47. The SMILES string of the molecule is CCC(C)C(NC(=O)C(NC(=O)C(N)CC(=O)O)C(C)C)C(=O)N1CCCC1C(=O)O. The molecule has 1 aliphatic heterocycles. The third-order valence-corrected chi connectivity index (χ3v) is 5.58. The lowest BCUT2D eigenvalue weighted by atomic mass is 9.95. The first-order chi connectivity index (χ1) is 14.4. The summed E-state index contributed by atoms with van der Waals surface area (Å²) in [7, 11) is 0. The van der Waals surface area contributed by atoms with Gasteiger partial charge in [-0.25, -0.2) is 4.79 Å². The van der Waals surface area contributed by atoms with E-state index in [9.17, 15) is 29.1 Å². The second-order valence-electron chi connectivity index (χ2n) is 8.33. The van der Waals surface area contributed by atoms with Crippen molar-refractivity contribution in [3.8, 4) is 0 Å². The molecule has 0 saturated carbocycles. The average Bonchev–Trinajstić information content (AvgIpc) is 3.18. The highest BCUT2D eigenvalue weighted by molar-refractivity contribution is 5.95. The molecular weight excluding hydrogens is 408 g/mol. The van der Waals surface area contributed by atoms with Gasteiger partial charge in [0.15, 0.2) is 0 Å². The molecule has 0 aliphatic carbocycles. The van der Waals surface area contributed by atoms with Crippen molar-refractivity contribution in [2.75, 3.05) is 6.54 Å². The predicted molar refractivity (Wildman–Crippen MR) is 111 cm³/mol. The zero-order valence-corrected chi connectivity index (χ0v) is 18.5.